The molecule has 0 aromatic carbocycles. The van der Waals surface area contributed by atoms with Gasteiger partial charge in [0, 0.05) is 25.6 Å². The zero-order valence-corrected chi connectivity index (χ0v) is 11.6. The summed E-state index contributed by atoms with van der Waals surface area (Å²) in [5.41, 5.74) is 1.54. The molecule has 2 aromatic heterocycles. The van der Waals surface area contributed by atoms with Gasteiger partial charge < -0.3 is 20.4 Å². The van der Waals surface area contributed by atoms with E-state index in [0.717, 1.165) is 50.5 Å². The lowest BCUT2D eigenvalue weighted by molar-refractivity contribution is 0.187. The van der Waals surface area contributed by atoms with Crippen molar-refractivity contribution in [2.24, 2.45) is 5.92 Å². The van der Waals surface area contributed by atoms with E-state index in [4.69, 9.17) is 4.74 Å². The Morgan fingerprint density at radius 2 is 2.35 bits per heavy atom. The summed E-state index contributed by atoms with van der Waals surface area (Å²) in [7, 11) is 0. The topological polar surface area (TPSA) is 87.8 Å². The Hall–Kier alpha value is -1.89. The van der Waals surface area contributed by atoms with Crippen LogP contribution in [0.4, 0.5) is 11.8 Å². The second-order valence-corrected chi connectivity index (χ2v) is 5.03. The van der Waals surface area contributed by atoms with Crippen LogP contribution < -0.4 is 10.6 Å². The van der Waals surface area contributed by atoms with Gasteiger partial charge in [-0.1, -0.05) is 6.92 Å². The molecule has 1 fully saturated rings. The lowest BCUT2D eigenvalue weighted by Crippen LogP contribution is -2.16. The van der Waals surface area contributed by atoms with Crippen LogP contribution in [0.3, 0.4) is 0 Å². The molecular formula is C13H20N6O. The van der Waals surface area contributed by atoms with Gasteiger partial charge in [0.2, 0.25) is 5.95 Å². The Morgan fingerprint density at radius 1 is 1.40 bits per heavy atom. The molecule has 1 unspecified atom stereocenters. The summed E-state index contributed by atoms with van der Waals surface area (Å²) in [6.45, 7) is 5.51. The van der Waals surface area contributed by atoms with E-state index >= 15 is 0 Å². The van der Waals surface area contributed by atoms with E-state index in [9.17, 15) is 0 Å². The predicted octanol–water partition coefficient (Wildman–Crippen LogP) is 1.62. The third kappa shape index (κ3) is 2.82. The molecule has 0 spiro atoms. The van der Waals surface area contributed by atoms with E-state index in [2.05, 4.69) is 37.5 Å². The number of fused-ring (bicyclic) bond motifs is 1. The zero-order chi connectivity index (χ0) is 13.8. The van der Waals surface area contributed by atoms with E-state index in [1.54, 1.807) is 6.33 Å². The number of hydrogen-bond donors (Lipinski definition) is 3. The third-order valence-corrected chi connectivity index (χ3v) is 3.40. The van der Waals surface area contributed by atoms with Crippen molar-refractivity contribution in [2.75, 3.05) is 36.9 Å². The number of H-pyrrole nitrogens is 1. The Bertz CT molecular complexity index is 563. The van der Waals surface area contributed by atoms with Crippen molar-refractivity contribution in [3.05, 3.63) is 6.33 Å². The van der Waals surface area contributed by atoms with Gasteiger partial charge in [0.05, 0.1) is 12.9 Å². The SMILES string of the molecule is CCCNc1nc(NCC2CCOC2)c2[nH]cnc2n1. The molecule has 0 amide bonds. The Morgan fingerprint density at radius 3 is 3.15 bits per heavy atom. The number of imidazole rings is 1. The summed E-state index contributed by atoms with van der Waals surface area (Å²) in [4.78, 5) is 16.2. The maximum Gasteiger partial charge on any atom is 0.226 e. The van der Waals surface area contributed by atoms with Crippen molar-refractivity contribution in [2.45, 2.75) is 19.8 Å². The second-order valence-electron chi connectivity index (χ2n) is 5.03. The molecule has 2 aromatic rings. The highest BCUT2D eigenvalue weighted by Crippen LogP contribution is 2.20. The van der Waals surface area contributed by atoms with E-state index < -0.39 is 0 Å². The third-order valence-electron chi connectivity index (χ3n) is 3.40. The molecule has 1 atom stereocenters. The van der Waals surface area contributed by atoms with E-state index in [-0.39, 0.29) is 0 Å². The smallest absolute Gasteiger partial charge is 0.226 e. The van der Waals surface area contributed by atoms with Crippen LogP contribution >= 0.6 is 0 Å². The summed E-state index contributed by atoms with van der Waals surface area (Å²) in [5.74, 6) is 1.98. The van der Waals surface area contributed by atoms with Crippen LogP contribution in [-0.4, -0.2) is 46.2 Å². The largest absolute Gasteiger partial charge is 0.381 e. The molecule has 0 saturated carbocycles. The normalized spacial score (nSPS) is 18.6. The van der Waals surface area contributed by atoms with Gasteiger partial charge in [-0.05, 0) is 12.8 Å². The first kappa shape index (κ1) is 13.1. The highest BCUT2D eigenvalue weighted by atomic mass is 16.5. The molecule has 0 radical (unpaired) electrons. The van der Waals surface area contributed by atoms with Crippen LogP contribution in [0.5, 0.6) is 0 Å². The fraction of sp³-hybridized carbons (Fsp3) is 0.615. The molecule has 7 nitrogen and oxygen atoms in total. The predicted molar refractivity (Wildman–Crippen MR) is 77.9 cm³/mol. The minimum Gasteiger partial charge on any atom is -0.381 e. The molecule has 108 valence electrons. The quantitative estimate of drug-likeness (QED) is 0.743. The molecule has 1 saturated heterocycles. The summed E-state index contributed by atoms with van der Waals surface area (Å²) in [6, 6.07) is 0. The van der Waals surface area contributed by atoms with Crippen molar-refractivity contribution < 1.29 is 4.74 Å². The van der Waals surface area contributed by atoms with Crippen molar-refractivity contribution >= 4 is 22.9 Å². The minimum atomic E-state index is 0.551. The Labute approximate surface area is 117 Å². The van der Waals surface area contributed by atoms with Gasteiger partial charge in [0.25, 0.3) is 0 Å². The summed E-state index contributed by atoms with van der Waals surface area (Å²) >= 11 is 0. The Kier molecular flexibility index (Phi) is 3.96. The second kappa shape index (κ2) is 6.04. The van der Waals surface area contributed by atoms with E-state index in [1.165, 1.54) is 0 Å². The first-order valence-corrected chi connectivity index (χ1v) is 7.13. The van der Waals surface area contributed by atoms with Gasteiger partial charge in [0.15, 0.2) is 11.5 Å². The lowest BCUT2D eigenvalue weighted by Gasteiger charge is -2.11. The summed E-state index contributed by atoms with van der Waals surface area (Å²) in [5, 5.41) is 6.59. The molecule has 1 aliphatic heterocycles. The zero-order valence-electron chi connectivity index (χ0n) is 11.6. The molecule has 3 N–H and O–H groups in total. The maximum atomic E-state index is 5.39. The minimum absolute atomic E-state index is 0.551. The maximum absolute atomic E-state index is 5.39. The van der Waals surface area contributed by atoms with Crippen LogP contribution in [0.15, 0.2) is 6.33 Å². The average Bonchev–Trinajstić information content (AvgIpc) is 3.13. The van der Waals surface area contributed by atoms with Gasteiger partial charge in [0.1, 0.15) is 5.52 Å². The van der Waals surface area contributed by atoms with Crippen molar-refractivity contribution in [1.82, 2.24) is 19.9 Å². The van der Waals surface area contributed by atoms with Crippen LogP contribution in [0.2, 0.25) is 0 Å². The fourth-order valence-electron chi connectivity index (χ4n) is 2.26. The van der Waals surface area contributed by atoms with Crippen molar-refractivity contribution in [3.8, 4) is 0 Å². The van der Waals surface area contributed by atoms with Gasteiger partial charge in [-0.2, -0.15) is 9.97 Å². The highest BCUT2D eigenvalue weighted by Gasteiger charge is 2.17. The van der Waals surface area contributed by atoms with Gasteiger partial charge in [-0.3, -0.25) is 0 Å². The molecule has 0 aliphatic carbocycles. The van der Waals surface area contributed by atoms with Crippen LogP contribution in [0.1, 0.15) is 19.8 Å². The molecule has 7 heteroatoms. The molecule has 3 heterocycles. The first-order valence-electron chi connectivity index (χ1n) is 7.13. The highest BCUT2D eigenvalue weighted by molar-refractivity contribution is 5.83. The van der Waals surface area contributed by atoms with Crippen LogP contribution in [0.25, 0.3) is 11.2 Å². The fourth-order valence-corrected chi connectivity index (χ4v) is 2.26. The van der Waals surface area contributed by atoms with Crippen molar-refractivity contribution in [3.63, 3.8) is 0 Å². The number of aromatic nitrogens is 4. The van der Waals surface area contributed by atoms with Crippen LogP contribution in [-0.2, 0) is 4.74 Å². The number of ether oxygens (including phenoxy) is 1. The molecule has 20 heavy (non-hydrogen) atoms. The van der Waals surface area contributed by atoms with E-state index in [0.29, 0.717) is 17.5 Å². The Balaban J connectivity index is 1.77. The molecule has 1 aliphatic rings. The van der Waals surface area contributed by atoms with Crippen LogP contribution in [0, 0.1) is 5.92 Å². The number of anilines is 2. The van der Waals surface area contributed by atoms with Crippen molar-refractivity contribution in [1.29, 1.82) is 0 Å². The number of nitrogens with zero attached hydrogens (tertiary/aromatic N) is 3. The van der Waals surface area contributed by atoms with Gasteiger partial charge >= 0.3 is 0 Å². The molecule has 0 bridgehead atoms. The number of hydrogen-bond acceptors (Lipinski definition) is 6. The van der Waals surface area contributed by atoms with Gasteiger partial charge in [-0.15, -0.1) is 0 Å². The molecular weight excluding hydrogens is 256 g/mol. The molecule has 3 rings (SSSR count). The number of nitrogens with one attached hydrogen (secondary N) is 3. The van der Waals surface area contributed by atoms with Gasteiger partial charge in [-0.25, -0.2) is 4.98 Å². The average molecular weight is 276 g/mol. The monoisotopic (exact) mass is 276 g/mol. The lowest BCUT2D eigenvalue weighted by atomic mass is 10.1. The standard InChI is InChI=1S/C13H20N6O/c1-2-4-14-13-18-11(10-12(19-13)17-8-16-10)15-6-9-3-5-20-7-9/h8-9H,2-7H2,1H3,(H3,14,15,16,17,18,19). The number of aromatic amines is 1. The number of rotatable bonds is 6. The first-order chi connectivity index (χ1) is 9.86. The summed E-state index contributed by atoms with van der Waals surface area (Å²) < 4.78 is 5.39. The van der Waals surface area contributed by atoms with E-state index in [1.807, 2.05) is 0 Å². The summed E-state index contributed by atoms with van der Waals surface area (Å²) in [6.07, 6.45) is 3.78.